The zero-order chi connectivity index (χ0) is 14.7. The van der Waals surface area contributed by atoms with Crippen molar-refractivity contribution in [1.29, 1.82) is 0 Å². The summed E-state index contributed by atoms with van der Waals surface area (Å²) in [7, 11) is 0. The molecule has 0 amide bonds. The van der Waals surface area contributed by atoms with E-state index in [2.05, 4.69) is 10.3 Å². The van der Waals surface area contributed by atoms with Crippen LogP contribution in [0.3, 0.4) is 0 Å². The predicted molar refractivity (Wildman–Crippen MR) is 71.5 cm³/mol. The molecule has 1 aromatic carbocycles. The molecule has 2 rings (SSSR count). The SMILES string of the molecule is CCCc1c(C(=O)O)nnn1Cc1ccc(F)c(Cl)c1. The smallest absolute Gasteiger partial charge is 0.358 e. The summed E-state index contributed by atoms with van der Waals surface area (Å²) in [6.07, 6.45) is 1.33. The summed E-state index contributed by atoms with van der Waals surface area (Å²) in [6.45, 7) is 2.24. The van der Waals surface area contributed by atoms with Gasteiger partial charge in [-0.15, -0.1) is 5.10 Å². The van der Waals surface area contributed by atoms with Gasteiger partial charge in [-0.2, -0.15) is 0 Å². The minimum absolute atomic E-state index is 0.0260. The fourth-order valence-electron chi connectivity index (χ4n) is 1.92. The number of halogens is 2. The Hall–Kier alpha value is -1.95. The zero-order valence-corrected chi connectivity index (χ0v) is 11.6. The van der Waals surface area contributed by atoms with Gasteiger partial charge in [0.1, 0.15) is 5.82 Å². The third kappa shape index (κ3) is 2.96. The Kier molecular flexibility index (Phi) is 4.34. The van der Waals surface area contributed by atoms with Crippen LogP contribution in [0.5, 0.6) is 0 Å². The third-order valence-electron chi connectivity index (χ3n) is 2.84. The number of benzene rings is 1. The fourth-order valence-corrected chi connectivity index (χ4v) is 2.12. The normalized spacial score (nSPS) is 10.8. The van der Waals surface area contributed by atoms with Crippen LogP contribution in [0.1, 0.15) is 35.1 Å². The van der Waals surface area contributed by atoms with E-state index in [1.54, 1.807) is 6.07 Å². The molecule has 7 heteroatoms. The standard InChI is InChI=1S/C13H13ClFN3O2/c1-2-3-11-12(13(19)20)16-17-18(11)7-8-4-5-10(15)9(14)6-8/h4-6H,2-3,7H2,1H3,(H,19,20). The number of carboxylic acids is 1. The topological polar surface area (TPSA) is 68.0 Å². The maximum atomic E-state index is 13.1. The van der Waals surface area contributed by atoms with Gasteiger partial charge in [-0.3, -0.25) is 0 Å². The van der Waals surface area contributed by atoms with E-state index in [0.717, 1.165) is 12.0 Å². The van der Waals surface area contributed by atoms with Gasteiger partial charge in [0.25, 0.3) is 0 Å². The number of aromatic carboxylic acids is 1. The van der Waals surface area contributed by atoms with Gasteiger partial charge >= 0.3 is 5.97 Å². The second kappa shape index (κ2) is 6.00. The van der Waals surface area contributed by atoms with Crippen molar-refractivity contribution >= 4 is 17.6 Å². The minimum atomic E-state index is -1.10. The average molecular weight is 298 g/mol. The molecule has 0 aliphatic heterocycles. The van der Waals surface area contributed by atoms with Crippen LogP contribution in [-0.2, 0) is 13.0 Å². The van der Waals surface area contributed by atoms with Gasteiger partial charge in [-0.1, -0.05) is 36.2 Å². The first-order valence-corrected chi connectivity index (χ1v) is 6.50. The Morgan fingerprint density at radius 3 is 2.85 bits per heavy atom. The quantitative estimate of drug-likeness (QED) is 0.921. The highest BCUT2D eigenvalue weighted by Gasteiger charge is 2.18. The molecule has 0 radical (unpaired) electrons. The largest absolute Gasteiger partial charge is 0.476 e. The van der Waals surface area contributed by atoms with Gasteiger partial charge in [0.2, 0.25) is 0 Å². The number of hydrogen-bond acceptors (Lipinski definition) is 3. The van der Waals surface area contributed by atoms with E-state index in [0.29, 0.717) is 18.7 Å². The van der Waals surface area contributed by atoms with Gasteiger partial charge in [-0.25, -0.2) is 13.9 Å². The van der Waals surface area contributed by atoms with Crippen LogP contribution in [0.4, 0.5) is 4.39 Å². The highest BCUT2D eigenvalue weighted by atomic mass is 35.5. The summed E-state index contributed by atoms with van der Waals surface area (Å²) >= 11 is 5.72. The van der Waals surface area contributed by atoms with Gasteiger partial charge in [-0.05, 0) is 24.1 Å². The van der Waals surface area contributed by atoms with Crippen molar-refractivity contribution in [1.82, 2.24) is 15.0 Å². The Morgan fingerprint density at radius 2 is 2.25 bits per heavy atom. The van der Waals surface area contributed by atoms with Crippen LogP contribution >= 0.6 is 11.6 Å². The molecule has 0 unspecified atom stereocenters. The summed E-state index contributed by atoms with van der Waals surface area (Å²) in [5, 5.41) is 16.6. The summed E-state index contributed by atoms with van der Waals surface area (Å²) in [6, 6.07) is 4.35. The number of hydrogen-bond donors (Lipinski definition) is 1. The number of carbonyl (C=O) groups is 1. The van der Waals surface area contributed by atoms with Gasteiger partial charge in [0, 0.05) is 0 Å². The maximum absolute atomic E-state index is 13.1. The molecule has 1 aromatic heterocycles. The number of aromatic nitrogens is 3. The second-order valence-electron chi connectivity index (χ2n) is 4.35. The van der Waals surface area contributed by atoms with Crippen LogP contribution in [0.15, 0.2) is 18.2 Å². The fraction of sp³-hybridized carbons (Fsp3) is 0.308. The molecule has 106 valence electrons. The minimum Gasteiger partial charge on any atom is -0.476 e. The van der Waals surface area contributed by atoms with Crippen molar-refractivity contribution in [2.24, 2.45) is 0 Å². The second-order valence-corrected chi connectivity index (χ2v) is 4.75. The zero-order valence-electron chi connectivity index (χ0n) is 10.8. The number of nitrogens with zero attached hydrogens (tertiary/aromatic N) is 3. The first kappa shape index (κ1) is 14.5. The van der Waals surface area contributed by atoms with E-state index < -0.39 is 11.8 Å². The van der Waals surface area contributed by atoms with Crippen molar-refractivity contribution in [2.45, 2.75) is 26.3 Å². The van der Waals surface area contributed by atoms with Crippen molar-refractivity contribution in [3.8, 4) is 0 Å². The van der Waals surface area contributed by atoms with Crippen LogP contribution in [-0.4, -0.2) is 26.1 Å². The van der Waals surface area contributed by atoms with E-state index in [1.165, 1.54) is 16.8 Å². The number of carboxylic acid groups (broad SMARTS) is 1. The molecule has 1 heterocycles. The third-order valence-corrected chi connectivity index (χ3v) is 3.13. The van der Waals surface area contributed by atoms with Crippen LogP contribution in [0.2, 0.25) is 5.02 Å². The lowest BCUT2D eigenvalue weighted by molar-refractivity contribution is 0.0689. The summed E-state index contributed by atoms with van der Waals surface area (Å²) in [4.78, 5) is 11.1. The summed E-state index contributed by atoms with van der Waals surface area (Å²) in [5.74, 6) is -1.59. The van der Waals surface area contributed by atoms with E-state index >= 15 is 0 Å². The Morgan fingerprint density at radius 1 is 1.50 bits per heavy atom. The molecule has 0 atom stereocenters. The summed E-state index contributed by atoms with van der Waals surface area (Å²) in [5.41, 5.74) is 1.25. The van der Waals surface area contributed by atoms with Crippen LogP contribution in [0.25, 0.3) is 0 Å². The number of rotatable bonds is 5. The van der Waals surface area contributed by atoms with Crippen molar-refractivity contribution in [3.63, 3.8) is 0 Å². The van der Waals surface area contributed by atoms with E-state index in [4.69, 9.17) is 16.7 Å². The summed E-state index contributed by atoms with van der Waals surface area (Å²) < 4.78 is 14.6. The monoisotopic (exact) mass is 297 g/mol. The van der Waals surface area contributed by atoms with Crippen molar-refractivity contribution < 1.29 is 14.3 Å². The Balaban J connectivity index is 2.32. The van der Waals surface area contributed by atoms with Gasteiger partial charge in [0.05, 0.1) is 17.3 Å². The predicted octanol–water partition coefficient (Wildman–Crippen LogP) is 2.77. The highest BCUT2D eigenvalue weighted by molar-refractivity contribution is 6.30. The lowest BCUT2D eigenvalue weighted by Gasteiger charge is -2.07. The Labute approximate surface area is 120 Å². The first-order chi connectivity index (χ1) is 9.52. The molecule has 2 aromatic rings. The molecule has 20 heavy (non-hydrogen) atoms. The molecule has 0 saturated carbocycles. The van der Waals surface area contributed by atoms with Crippen LogP contribution in [0, 0.1) is 5.82 Å². The van der Waals surface area contributed by atoms with Crippen LogP contribution < -0.4 is 0 Å². The van der Waals surface area contributed by atoms with Gasteiger partial charge < -0.3 is 5.11 Å². The molecular formula is C13H13ClFN3O2. The van der Waals surface area contributed by atoms with Crippen molar-refractivity contribution in [3.05, 3.63) is 46.0 Å². The molecule has 1 N–H and O–H groups in total. The first-order valence-electron chi connectivity index (χ1n) is 6.12. The molecule has 0 aliphatic carbocycles. The van der Waals surface area contributed by atoms with Gasteiger partial charge in [0.15, 0.2) is 5.69 Å². The molecule has 0 aliphatic rings. The highest BCUT2D eigenvalue weighted by Crippen LogP contribution is 2.18. The van der Waals surface area contributed by atoms with E-state index in [-0.39, 0.29) is 10.7 Å². The molecule has 0 saturated heterocycles. The lowest BCUT2D eigenvalue weighted by atomic mass is 10.2. The molecular weight excluding hydrogens is 285 g/mol. The lowest BCUT2D eigenvalue weighted by Crippen LogP contribution is -2.09. The molecule has 5 nitrogen and oxygen atoms in total. The average Bonchev–Trinajstić information content (AvgIpc) is 2.78. The Bertz CT molecular complexity index is 643. The molecule has 0 bridgehead atoms. The molecule has 0 fully saturated rings. The van der Waals surface area contributed by atoms with Crippen molar-refractivity contribution in [2.75, 3.05) is 0 Å². The maximum Gasteiger partial charge on any atom is 0.358 e. The van der Waals surface area contributed by atoms with E-state index in [9.17, 15) is 9.18 Å². The van der Waals surface area contributed by atoms with E-state index in [1.807, 2.05) is 6.92 Å². The molecule has 0 spiro atoms.